The van der Waals surface area contributed by atoms with Gasteiger partial charge in [-0.15, -0.1) is 0 Å². The topological polar surface area (TPSA) is 58.4 Å². The van der Waals surface area contributed by atoms with Gasteiger partial charge >= 0.3 is 0 Å². The lowest BCUT2D eigenvalue weighted by molar-refractivity contribution is 0.0785. The fourth-order valence-corrected chi connectivity index (χ4v) is 2.13. The first kappa shape index (κ1) is 14.1. The summed E-state index contributed by atoms with van der Waals surface area (Å²) < 4.78 is 5.13. The van der Waals surface area contributed by atoms with Gasteiger partial charge in [-0.25, -0.2) is 0 Å². The summed E-state index contributed by atoms with van der Waals surface area (Å²) in [5.74, 6) is 0.721. The predicted molar refractivity (Wildman–Crippen MR) is 77.8 cm³/mol. The van der Waals surface area contributed by atoms with Gasteiger partial charge in [0.25, 0.3) is 5.91 Å². The molecule has 5 heteroatoms. The highest BCUT2D eigenvalue weighted by Gasteiger charge is 2.18. The van der Waals surface area contributed by atoms with Gasteiger partial charge in [0, 0.05) is 25.3 Å². The number of nitrogens with one attached hydrogen (secondary N) is 1. The minimum Gasteiger partial charge on any atom is -0.387 e. The van der Waals surface area contributed by atoms with Crippen LogP contribution in [-0.4, -0.2) is 30.1 Å². The number of rotatable bonds is 4. The first-order chi connectivity index (χ1) is 9.54. The molecule has 2 rings (SSSR count). The Morgan fingerprint density at radius 2 is 2.05 bits per heavy atom. The molecule has 0 radical (unpaired) electrons. The number of para-hydroxylation sites is 1. The van der Waals surface area contributed by atoms with Gasteiger partial charge in [0.05, 0.1) is 17.8 Å². The Kier molecular flexibility index (Phi) is 4.08. The second kappa shape index (κ2) is 5.77. The van der Waals surface area contributed by atoms with Crippen molar-refractivity contribution in [3.05, 3.63) is 46.8 Å². The summed E-state index contributed by atoms with van der Waals surface area (Å²) in [5.41, 5.74) is 3.26. The Morgan fingerprint density at radius 1 is 1.35 bits per heavy atom. The summed E-state index contributed by atoms with van der Waals surface area (Å²) >= 11 is 0. The van der Waals surface area contributed by atoms with E-state index in [1.165, 1.54) is 0 Å². The van der Waals surface area contributed by atoms with Crippen LogP contribution in [0.4, 0.5) is 5.69 Å². The zero-order chi connectivity index (χ0) is 14.7. The zero-order valence-electron chi connectivity index (χ0n) is 12.2. The number of aromatic nitrogens is 1. The predicted octanol–water partition coefficient (Wildman–Crippen LogP) is 2.61. The molecular formula is C15H19N3O2. The summed E-state index contributed by atoms with van der Waals surface area (Å²) in [6.45, 7) is 4.22. The molecule has 0 fully saturated rings. The first-order valence-electron chi connectivity index (χ1n) is 6.48. The number of amides is 1. The van der Waals surface area contributed by atoms with Crippen LogP contribution in [0.1, 0.15) is 27.4 Å². The third-order valence-electron chi connectivity index (χ3n) is 3.35. The second-order valence-electron chi connectivity index (χ2n) is 4.76. The fraction of sp³-hybridized carbons (Fsp3) is 0.333. The molecule has 0 saturated carbocycles. The number of nitrogens with zero attached hydrogens (tertiary/aromatic N) is 2. The van der Waals surface area contributed by atoms with E-state index in [9.17, 15) is 4.79 Å². The largest absolute Gasteiger partial charge is 0.387 e. The molecule has 1 aromatic carbocycles. The van der Waals surface area contributed by atoms with Crippen molar-refractivity contribution in [1.29, 1.82) is 0 Å². The van der Waals surface area contributed by atoms with Crippen molar-refractivity contribution < 1.29 is 9.32 Å². The minimum atomic E-state index is -0.0325. The van der Waals surface area contributed by atoms with Crippen LogP contribution < -0.4 is 5.32 Å². The van der Waals surface area contributed by atoms with E-state index in [1.807, 2.05) is 38.1 Å². The molecule has 1 N–H and O–H groups in total. The molecule has 0 unspecified atom stereocenters. The van der Waals surface area contributed by atoms with E-state index in [0.29, 0.717) is 12.1 Å². The summed E-state index contributed by atoms with van der Waals surface area (Å²) in [6.07, 6.45) is 0. The summed E-state index contributed by atoms with van der Waals surface area (Å²) in [7, 11) is 3.58. The van der Waals surface area contributed by atoms with Gasteiger partial charge in [0.15, 0.2) is 0 Å². The lowest BCUT2D eigenvalue weighted by Crippen LogP contribution is -2.27. The zero-order valence-corrected chi connectivity index (χ0v) is 12.2. The second-order valence-corrected chi connectivity index (χ2v) is 4.76. The quantitative estimate of drug-likeness (QED) is 0.930. The number of carbonyl (C=O) groups excluding carboxylic acids is 1. The van der Waals surface area contributed by atoms with Crippen LogP contribution in [0.15, 0.2) is 28.8 Å². The molecule has 1 amide bonds. The van der Waals surface area contributed by atoms with Gasteiger partial charge in [0.2, 0.25) is 0 Å². The summed E-state index contributed by atoms with van der Waals surface area (Å²) in [6, 6.07) is 7.46. The van der Waals surface area contributed by atoms with E-state index in [1.54, 1.807) is 19.0 Å². The summed E-state index contributed by atoms with van der Waals surface area (Å²) in [5, 5.41) is 6.94. The lowest BCUT2D eigenvalue weighted by Gasteiger charge is -2.18. The van der Waals surface area contributed by atoms with Crippen molar-refractivity contribution in [3.63, 3.8) is 0 Å². The Balaban J connectivity index is 2.21. The number of benzene rings is 1. The Hall–Kier alpha value is -2.30. The maximum atomic E-state index is 12.5. The molecule has 5 nitrogen and oxygen atoms in total. The van der Waals surface area contributed by atoms with Gasteiger partial charge in [-0.3, -0.25) is 4.79 Å². The number of carbonyl (C=O) groups is 1. The highest BCUT2D eigenvalue weighted by Crippen LogP contribution is 2.19. The van der Waals surface area contributed by atoms with E-state index < -0.39 is 0 Å². The molecule has 0 atom stereocenters. The van der Waals surface area contributed by atoms with Crippen molar-refractivity contribution in [1.82, 2.24) is 10.1 Å². The average molecular weight is 273 g/mol. The van der Waals surface area contributed by atoms with E-state index in [2.05, 4.69) is 10.5 Å². The molecule has 0 bridgehead atoms. The molecule has 1 aromatic heterocycles. The van der Waals surface area contributed by atoms with Gasteiger partial charge < -0.3 is 14.7 Å². The number of hydrogen-bond donors (Lipinski definition) is 1. The molecule has 2 aromatic rings. The van der Waals surface area contributed by atoms with Crippen LogP contribution in [0, 0.1) is 13.8 Å². The SMILES string of the molecule is CNc1ccccc1C(=O)N(C)Cc1c(C)noc1C. The molecule has 0 aliphatic rings. The van der Waals surface area contributed by atoms with Crippen molar-refractivity contribution in [2.45, 2.75) is 20.4 Å². The summed E-state index contributed by atoms with van der Waals surface area (Å²) in [4.78, 5) is 14.2. The van der Waals surface area contributed by atoms with Crippen LogP contribution in [0.2, 0.25) is 0 Å². The van der Waals surface area contributed by atoms with Gasteiger partial charge in [-0.1, -0.05) is 17.3 Å². The van der Waals surface area contributed by atoms with Crippen LogP contribution in [0.25, 0.3) is 0 Å². The molecule has 0 aliphatic carbocycles. The third kappa shape index (κ3) is 2.66. The van der Waals surface area contributed by atoms with E-state index in [4.69, 9.17) is 4.52 Å². The highest BCUT2D eigenvalue weighted by atomic mass is 16.5. The van der Waals surface area contributed by atoms with E-state index >= 15 is 0 Å². The van der Waals surface area contributed by atoms with Crippen molar-refractivity contribution in [2.24, 2.45) is 0 Å². The van der Waals surface area contributed by atoms with Crippen LogP contribution in [-0.2, 0) is 6.54 Å². The van der Waals surface area contributed by atoms with Crippen molar-refractivity contribution in [2.75, 3.05) is 19.4 Å². The molecule has 0 saturated heterocycles. The monoisotopic (exact) mass is 273 g/mol. The molecule has 1 heterocycles. The molecule has 20 heavy (non-hydrogen) atoms. The molecule has 106 valence electrons. The van der Waals surface area contributed by atoms with Crippen LogP contribution in [0.3, 0.4) is 0 Å². The molecule has 0 aliphatic heterocycles. The number of hydrogen-bond acceptors (Lipinski definition) is 4. The number of aryl methyl sites for hydroxylation is 2. The minimum absolute atomic E-state index is 0.0325. The van der Waals surface area contributed by atoms with Gasteiger partial charge in [-0.05, 0) is 26.0 Å². The maximum absolute atomic E-state index is 12.5. The van der Waals surface area contributed by atoms with E-state index in [0.717, 1.165) is 22.7 Å². The van der Waals surface area contributed by atoms with Gasteiger partial charge in [0.1, 0.15) is 5.76 Å². The van der Waals surface area contributed by atoms with Crippen molar-refractivity contribution >= 4 is 11.6 Å². The smallest absolute Gasteiger partial charge is 0.255 e. The third-order valence-corrected chi connectivity index (χ3v) is 3.35. The normalized spacial score (nSPS) is 10.4. The van der Waals surface area contributed by atoms with Gasteiger partial charge in [-0.2, -0.15) is 0 Å². The Bertz CT molecular complexity index is 600. The lowest BCUT2D eigenvalue weighted by atomic mass is 10.1. The van der Waals surface area contributed by atoms with Crippen LogP contribution in [0.5, 0.6) is 0 Å². The maximum Gasteiger partial charge on any atom is 0.255 e. The van der Waals surface area contributed by atoms with E-state index in [-0.39, 0.29) is 5.91 Å². The Morgan fingerprint density at radius 3 is 2.65 bits per heavy atom. The average Bonchev–Trinajstić information content (AvgIpc) is 2.78. The standard InChI is InChI=1S/C15H19N3O2/c1-10-13(11(2)20-17-10)9-18(4)15(19)12-7-5-6-8-14(12)16-3/h5-8,16H,9H2,1-4H3. The van der Waals surface area contributed by atoms with Crippen LogP contribution >= 0.6 is 0 Å². The Labute approximate surface area is 118 Å². The fourth-order valence-electron chi connectivity index (χ4n) is 2.13. The molecular weight excluding hydrogens is 254 g/mol. The van der Waals surface area contributed by atoms with Crippen molar-refractivity contribution in [3.8, 4) is 0 Å². The highest BCUT2D eigenvalue weighted by molar-refractivity contribution is 5.99. The first-order valence-corrected chi connectivity index (χ1v) is 6.48. The number of anilines is 1. The molecule has 0 spiro atoms.